The molecule has 174 valence electrons. The third-order valence-corrected chi connectivity index (χ3v) is 5.55. The molecule has 0 bridgehead atoms. The number of ether oxygens (including phenoxy) is 2. The van der Waals surface area contributed by atoms with Crippen LogP contribution in [0.1, 0.15) is 27.4 Å². The predicted octanol–water partition coefficient (Wildman–Crippen LogP) is 3.46. The van der Waals surface area contributed by atoms with Gasteiger partial charge >= 0.3 is 0 Å². The van der Waals surface area contributed by atoms with Crippen molar-refractivity contribution in [2.24, 2.45) is 0 Å². The molecule has 4 aromatic rings. The number of thiazole rings is 1. The summed E-state index contributed by atoms with van der Waals surface area (Å²) in [6.45, 7) is 2.11. The molecule has 3 heterocycles. The highest BCUT2D eigenvalue weighted by atomic mass is 32.1. The molecule has 0 aliphatic heterocycles. The molecule has 0 aliphatic rings. The number of benzene rings is 1. The SMILES string of the molecule is COc1cc(C(=O)NCc2ccnc(-n3ccnc3C)c2)c([N+](=O)[O-])cc1OCc1cscn1. The number of amides is 1. The maximum absolute atomic E-state index is 12.9. The summed E-state index contributed by atoms with van der Waals surface area (Å²) in [5.41, 5.74) is 2.58. The minimum absolute atomic E-state index is 0.114. The third kappa shape index (κ3) is 5.02. The number of carbonyl (C=O) groups excluding carboxylic acids is 1. The molecule has 1 N–H and O–H groups in total. The summed E-state index contributed by atoms with van der Waals surface area (Å²) < 4.78 is 12.8. The standard InChI is InChI=1S/C22H20N6O5S/c1-14-23-5-6-27(14)21-7-15(3-4-24-21)10-25-22(29)17-8-19(32-2)20(9-18(17)28(30)31)33-11-16-12-34-13-26-16/h3-9,12-13H,10-11H2,1-2H3,(H,25,29). The van der Waals surface area contributed by atoms with Crippen LogP contribution in [0.4, 0.5) is 5.69 Å². The van der Waals surface area contributed by atoms with Crippen molar-refractivity contribution in [2.45, 2.75) is 20.1 Å². The minimum Gasteiger partial charge on any atom is -0.493 e. The maximum Gasteiger partial charge on any atom is 0.286 e. The maximum atomic E-state index is 12.9. The second kappa shape index (κ2) is 10.1. The number of nitro benzene ring substituents is 1. The molecule has 0 saturated carbocycles. The fraction of sp³-hybridized carbons (Fsp3) is 0.182. The average molecular weight is 481 g/mol. The number of carbonyl (C=O) groups is 1. The second-order valence-corrected chi connectivity index (χ2v) is 7.81. The molecule has 1 amide bonds. The van der Waals surface area contributed by atoms with Gasteiger partial charge in [-0.05, 0) is 24.6 Å². The first-order valence-electron chi connectivity index (χ1n) is 10.1. The number of nitrogens with one attached hydrogen (secondary N) is 1. The van der Waals surface area contributed by atoms with Crippen molar-refractivity contribution in [2.75, 3.05) is 7.11 Å². The van der Waals surface area contributed by atoms with Crippen molar-refractivity contribution in [3.05, 3.63) is 86.5 Å². The molecule has 0 atom stereocenters. The summed E-state index contributed by atoms with van der Waals surface area (Å²) in [5.74, 6) is 1.15. The second-order valence-electron chi connectivity index (χ2n) is 7.10. The van der Waals surface area contributed by atoms with Gasteiger partial charge < -0.3 is 14.8 Å². The molecule has 0 radical (unpaired) electrons. The van der Waals surface area contributed by atoms with E-state index >= 15 is 0 Å². The highest BCUT2D eigenvalue weighted by molar-refractivity contribution is 7.07. The lowest BCUT2D eigenvalue weighted by atomic mass is 10.1. The quantitative estimate of drug-likeness (QED) is 0.284. The molecule has 4 rings (SSSR count). The molecule has 34 heavy (non-hydrogen) atoms. The molecule has 3 aromatic heterocycles. The Balaban J connectivity index is 1.53. The van der Waals surface area contributed by atoms with Crippen LogP contribution in [-0.2, 0) is 13.2 Å². The Morgan fingerprint density at radius 2 is 2.06 bits per heavy atom. The smallest absolute Gasteiger partial charge is 0.286 e. The van der Waals surface area contributed by atoms with Gasteiger partial charge in [-0.25, -0.2) is 15.0 Å². The van der Waals surface area contributed by atoms with Gasteiger partial charge in [0.2, 0.25) is 0 Å². The Bertz CT molecular complexity index is 1320. The van der Waals surface area contributed by atoms with Gasteiger partial charge in [0.05, 0.1) is 29.3 Å². The Morgan fingerprint density at radius 1 is 1.21 bits per heavy atom. The Labute approximate surface area is 198 Å². The summed E-state index contributed by atoms with van der Waals surface area (Å²) in [4.78, 5) is 36.6. The highest BCUT2D eigenvalue weighted by Crippen LogP contribution is 2.35. The van der Waals surface area contributed by atoms with Gasteiger partial charge in [0, 0.05) is 36.6 Å². The third-order valence-electron chi connectivity index (χ3n) is 4.92. The molecular weight excluding hydrogens is 460 g/mol. The summed E-state index contributed by atoms with van der Waals surface area (Å²) in [6.07, 6.45) is 5.08. The molecule has 1 aromatic carbocycles. The van der Waals surface area contributed by atoms with Crippen LogP contribution in [0.25, 0.3) is 5.82 Å². The number of rotatable bonds is 9. The number of aromatic nitrogens is 4. The van der Waals surface area contributed by atoms with Crippen molar-refractivity contribution in [1.82, 2.24) is 24.8 Å². The van der Waals surface area contributed by atoms with Crippen LogP contribution < -0.4 is 14.8 Å². The van der Waals surface area contributed by atoms with E-state index in [0.29, 0.717) is 11.5 Å². The van der Waals surface area contributed by atoms with E-state index in [-0.39, 0.29) is 30.2 Å². The van der Waals surface area contributed by atoms with Crippen LogP contribution in [0.5, 0.6) is 11.5 Å². The van der Waals surface area contributed by atoms with Crippen LogP contribution in [0.15, 0.2) is 53.7 Å². The van der Waals surface area contributed by atoms with E-state index in [2.05, 4.69) is 20.3 Å². The molecule has 0 unspecified atom stereocenters. The summed E-state index contributed by atoms with van der Waals surface area (Å²) in [7, 11) is 1.40. The van der Waals surface area contributed by atoms with E-state index in [9.17, 15) is 14.9 Å². The Kier molecular flexibility index (Phi) is 6.78. The number of imidazole rings is 1. The summed E-state index contributed by atoms with van der Waals surface area (Å²) >= 11 is 1.41. The largest absolute Gasteiger partial charge is 0.493 e. The van der Waals surface area contributed by atoms with Gasteiger partial charge in [0.25, 0.3) is 11.6 Å². The van der Waals surface area contributed by atoms with Crippen molar-refractivity contribution in [3.63, 3.8) is 0 Å². The van der Waals surface area contributed by atoms with Crippen LogP contribution >= 0.6 is 11.3 Å². The average Bonchev–Trinajstić information content (AvgIpc) is 3.52. The van der Waals surface area contributed by atoms with Gasteiger partial charge in [0.15, 0.2) is 11.5 Å². The number of hydrogen-bond acceptors (Lipinski definition) is 9. The van der Waals surface area contributed by atoms with E-state index in [0.717, 1.165) is 11.4 Å². The zero-order chi connectivity index (χ0) is 24.1. The summed E-state index contributed by atoms with van der Waals surface area (Å²) in [5, 5.41) is 16.2. The first-order valence-corrected chi connectivity index (χ1v) is 11.0. The zero-order valence-corrected chi connectivity index (χ0v) is 19.1. The number of methoxy groups -OCH3 is 1. The number of nitrogens with zero attached hydrogens (tertiary/aromatic N) is 5. The Hall–Kier alpha value is -4.32. The molecule has 0 spiro atoms. The Morgan fingerprint density at radius 3 is 2.74 bits per heavy atom. The van der Waals surface area contributed by atoms with Crippen LogP contribution in [0.3, 0.4) is 0 Å². The molecule has 0 saturated heterocycles. The van der Waals surface area contributed by atoms with Crippen molar-refractivity contribution in [1.29, 1.82) is 0 Å². The van der Waals surface area contributed by atoms with Crippen molar-refractivity contribution in [3.8, 4) is 17.3 Å². The normalized spacial score (nSPS) is 10.6. The predicted molar refractivity (Wildman–Crippen MR) is 123 cm³/mol. The van der Waals surface area contributed by atoms with Gasteiger partial charge in [-0.15, -0.1) is 11.3 Å². The van der Waals surface area contributed by atoms with E-state index < -0.39 is 16.5 Å². The van der Waals surface area contributed by atoms with Gasteiger partial charge in [-0.1, -0.05) is 0 Å². The van der Waals surface area contributed by atoms with Crippen LogP contribution in [-0.4, -0.2) is 37.5 Å². The number of nitro groups is 1. The molecule has 11 nitrogen and oxygen atoms in total. The lowest BCUT2D eigenvalue weighted by molar-refractivity contribution is -0.385. The van der Waals surface area contributed by atoms with Crippen LogP contribution in [0, 0.1) is 17.0 Å². The van der Waals surface area contributed by atoms with Gasteiger partial charge in [-0.3, -0.25) is 19.5 Å². The van der Waals surface area contributed by atoms with E-state index in [1.807, 2.05) is 11.5 Å². The highest BCUT2D eigenvalue weighted by Gasteiger charge is 2.25. The van der Waals surface area contributed by atoms with E-state index in [4.69, 9.17) is 9.47 Å². The van der Waals surface area contributed by atoms with Crippen molar-refractivity contribution < 1.29 is 19.2 Å². The van der Waals surface area contributed by atoms with Crippen LogP contribution in [0.2, 0.25) is 0 Å². The molecular formula is C22H20N6O5S. The topological polar surface area (TPSA) is 134 Å². The molecule has 12 heteroatoms. The van der Waals surface area contributed by atoms with E-state index in [1.54, 1.807) is 41.6 Å². The fourth-order valence-corrected chi connectivity index (χ4v) is 3.76. The lowest BCUT2D eigenvalue weighted by Gasteiger charge is -2.13. The monoisotopic (exact) mass is 480 g/mol. The first-order chi connectivity index (χ1) is 16.5. The van der Waals surface area contributed by atoms with Gasteiger partial charge in [-0.2, -0.15) is 0 Å². The van der Waals surface area contributed by atoms with Gasteiger partial charge in [0.1, 0.15) is 23.8 Å². The number of hydrogen-bond donors (Lipinski definition) is 1. The first kappa shape index (κ1) is 22.9. The summed E-state index contributed by atoms with van der Waals surface area (Å²) in [6, 6.07) is 6.04. The minimum atomic E-state index is -0.629. The fourth-order valence-electron chi connectivity index (χ4n) is 3.21. The molecule has 0 fully saturated rings. The number of aryl methyl sites for hydroxylation is 1. The lowest BCUT2D eigenvalue weighted by Crippen LogP contribution is -2.24. The van der Waals surface area contributed by atoms with Crippen molar-refractivity contribution >= 4 is 22.9 Å². The zero-order valence-electron chi connectivity index (χ0n) is 18.3. The molecule has 0 aliphatic carbocycles. The number of pyridine rings is 1. The van der Waals surface area contributed by atoms with E-state index in [1.165, 1.54) is 30.6 Å².